The maximum Gasteiger partial charge on any atom is 0.248 e. The van der Waals surface area contributed by atoms with Gasteiger partial charge in [0.05, 0.1) is 10.6 Å². The molecule has 2 unspecified atom stereocenters. The summed E-state index contributed by atoms with van der Waals surface area (Å²) in [6, 6.07) is 7.31. The minimum Gasteiger partial charge on any atom is -0.323 e. The highest BCUT2D eigenvalue weighted by atomic mass is 127. The quantitative estimate of drug-likeness (QED) is 0.775. The van der Waals surface area contributed by atoms with Crippen molar-refractivity contribution >= 4 is 51.9 Å². The Kier molecular flexibility index (Phi) is 3.70. The van der Waals surface area contributed by atoms with Crippen molar-refractivity contribution in [3.05, 3.63) is 27.8 Å². The SMILES string of the molecule is CC12CCC(=O)N1C(C(=O)Nc1ccccc1I)CS2. The van der Waals surface area contributed by atoms with Crippen LogP contribution < -0.4 is 5.32 Å². The number of carbonyl (C=O) groups is 2. The van der Waals surface area contributed by atoms with Gasteiger partial charge in [0.15, 0.2) is 0 Å². The molecule has 2 atom stereocenters. The first-order valence-corrected chi connectivity index (χ1v) is 8.59. The molecule has 1 aromatic carbocycles. The van der Waals surface area contributed by atoms with Crippen LogP contribution in [-0.4, -0.2) is 33.4 Å². The molecule has 4 nitrogen and oxygen atoms in total. The molecule has 1 aromatic rings. The Morgan fingerprint density at radius 3 is 3.00 bits per heavy atom. The van der Waals surface area contributed by atoms with Gasteiger partial charge < -0.3 is 10.2 Å². The first kappa shape index (κ1) is 14.2. The van der Waals surface area contributed by atoms with E-state index in [0.717, 1.165) is 15.7 Å². The fraction of sp³-hybridized carbons (Fsp3) is 0.429. The molecule has 0 saturated carbocycles. The zero-order valence-electron chi connectivity index (χ0n) is 11.1. The monoisotopic (exact) mass is 402 g/mol. The second-order valence-corrected chi connectivity index (χ2v) is 7.90. The summed E-state index contributed by atoms with van der Waals surface area (Å²) in [6.45, 7) is 2.06. The van der Waals surface area contributed by atoms with Crippen molar-refractivity contribution in [2.75, 3.05) is 11.1 Å². The topological polar surface area (TPSA) is 49.4 Å². The second-order valence-electron chi connectivity index (χ2n) is 5.23. The van der Waals surface area contributed by atoms with Gasteiger partial charge >= 0.3 is 0 Å². The van der Waals surface area contributed by atoms with Crippen LogP contribution in [0.3, 0.4) is 0 Å². The van der Waals surface area contributed by atoms with Gasteiger partial charge in [-0.1, -0.05) is 12.1 Å². The van der Waals surface area contributed by atoms with Gasteiger partial charge in [-0.15, -0.1) is 11.8 Å². The molecule has 6 heteroatoms. The first-order valence-electron chi connectivity index (χ1n) is 6.53. The van der Waals surface area contributed by atoms with Crippen molar-refractivity contribution in [2.45, 2.75) is 30.7 Å². The molecule has 2 saturated heterocycles. The standard InChI is InChI=1S/C14H15IN2O2S/c1-14-7-6-12(18)17(14)11(8-20-14)13(19)16-10-5-3-2-4-9(10)15/h2-5,11H,6-8H2,1H3,(H,16,19). The molecule has 0 bridgehead atoms. The summed E-state index contributed by atoms with van der Waals surface area (Å²) in [6.07, 6.45) is 1.39. The van der Waals surface area contributed by atoms with Gasteiger partial charge in [0.25, 0.3) is 0 Å². The Bertz CT molecular complexity index is 580. The van der Waals surface area contributed by atoms with E-state index in [-0.39, 0.29) is 22.7 Å². The maximum absolute atomic E-state index is 12.5. The number of benzene rings is 1. The number of hydrogen-bond acceptors (Lipinski definition) is 3. The molecule has 0 radical (unpaired) electrons. The summed E-state index contributed by atoms with van der Waals surface area (Å²) in [5.41, 5.74) is 0.809. The van der Waals surface area contributed by atoms with Gasteiger partial charge in [0, 0.05) is 15.7 Å². The van der Waals surface area contributed by atoms with Crippen molar-refractivity contribution in [3.8, 4) is 0 Å². The van der Waals surface area contributed by atoms with E-state index in [1.54, 1.807) is 16.7 Å². The number of carbonyl (C=O) groups excluding carboxylic acids is 2. The van der Waals surface area contributed by atoms with E-state index in [4.69, 9.17) is 0 Å². The van der Waals surface area contributed by atoms with Crippen molar-refractivity contribution in [2.24, 2.45) is 0 Å². The van der Waals surface area contributed by atoms with E-state index in [2.05, 4.69) is 34.8 Å². The molecule has 2 fully saturated rings. The van der Waals surface area contributed by atoms with Gasteiger partial charge in [-0.25, -0.2) is 0 Å². The van der Waals surface area contributed by atoms with Crippen LogP contribution in [0.1, 0.15) is 19.8 Å². The third-order valence-corrected chi connectivity index (χ3v) is 6.33. The molecule has 2 aliphatic rings. The van der Waals surface area contributed by atoms with Gasteiger partial charge in [-0.05, 0) is 48.1 Å². The Labute approximate surface area is 135 Å². The number of para-hydroxylation sites is 1. The zero-order chi connectivity index (χ0) is 14.3. The third kappa shape index (κ3) is 2.32. The van der Waals surface area contributed by atoms with Crippen molar-refractivity contribution < 1.29 is 9.59 Å². The third-order valence-electron chi connectivity index (χ3n) is 3.88. The van der Waals surface area contributed by atoms with Gasteiger partial charge in [-0.2, -0.15) is 0 Å². The highest BCUT2D eigenvalue weighted by Gasteiger charge is 2.52. The number of nitrogens with zero attached hydrogens (tertiary/aromatic N) is 1. The molecule has 20 heavy (non-hydrogen) atoms. The van der Waals surface area contributed by atoms with Crippen molar-refractivity contribution in [1.29, 1.82) is 0 Å². The second kappa shape index (κ2) is 5.22. The number of thioether (sulfide) groups is 1. The van der Waals surface area contributed by atoms with Crippen LogP contribution in [0, 0.1) is 3.57 Å². The fourth-order valence-corrected chi connectivity index (χ4v) is 4.75. The molecule has 2 heterocycles. The summed E-state index contributed by atoms with van der Waals surface area (Å²) in [5, 5.41) is 2.95. The normalized spacial score (nSPS) is 28.6. The number of fused-ring (bicyclic) bond motifs is 1. The minimum atomic E-state index is -0.351. The molecule has 2 aliphatic heterocycles. The molecular formula is C14H15IN2O2S. The fourth-order valence-electron chi connectivity index (χ4n) is 2.79. The van der Waals surface area contributed by atoms with Crippen LogP contribution in [0.4, 0.5) is 5.69 Å². The Morgan fingerprint density at radius 2 is 2.25 bits per heavy atom. The number of anilines is 1. The van der Waals surface area contributed by atoms with E-state index >= 15 is 0 Å². The Hall–Kier alpha value is -0.760. The number of hydrogen-bond donors (Lipinski definition) is 1. The average molecular weight is 402 g/mol. The Morgan fingerprint density at radius 1 is 1.50 bits per heavy atom. The van der Waals surface area contributed by atoms with Crippen LogP contribution >= 0.6 is 34.4 Å². The van der Waals surface area contributed by atoms with Crippen LogP contribution in [-0.2, 0) is 9.59 Å². The molecule has 0 spiro atoms. The molecule has 106 valence electrons. The highest BCUT2D eigenvalue weighted by molar-refractivity contribution is 14.1. The highest BCUT2D eigenvalue weighted by Crippen LogP contribution is 2.47. The van der Waals surface area contributed by atoms with E-state index in [9.17, 15) is 9.59 Å². The predicted octanol–water partition coefficient (Wildman–Crippen LogP) is 2.68. The maximum atomic E-state index is 12.5. The number of amides is 2. The van der Waals surface area contributed by atoms with E-state index in [1.165, 1.54) is 0 Å². The zero-order valence-corrected chi connectivity index (χ0v) is 14.0. The lowest BCUT2D eigenvalue weighted by Gasteiger charge is -2.29. The molecule has 3 rings (SSSR count). The van der Waals surface area contributed by atoms with E-state index < -0.39 is 0 Å². The van der Waals surface area contributed by atoms with Crippen molar-refractivity contribution in [1.82, 2.24) is 4.90 Å². The predicted molar refractivity (Wildman–Crippen MR) is 88.5 cm³/mol. The van der Waals surface area contributed by atoms with Gasteiger partial charge in [-0.3, -0.25) is 9.59 Å². The average Bonchev–Trinajstić information content (AvgIpc) is 2.90. The van der Waals surface area contributed by atoms with Crippen LogP contribution in [0.2, 0.25) is 0 Å². The Balaban J connectivity index is 1.79. The minimum absolute atomic E-state index is 0.0828. The van der Waals surface area contributed by atoms with Gasteiger partial charge in [0.1, 0.15) is 6.04 Å². The summed E-state index contributed by atoms with van der Waals surface area (Å²) >= 11 is 3.91. The van der Waals surface area contributed by atoms with Gasteiger partial charge in [0.2, 0.25) is 11.8 Å². The molecule has 2 amide bonds. The summed E-state index contributed by atoms with van der Waals surface area (Å²) in [5.74, 6) is 0.693. The number of nitrogens with one attached hydrogen (secondary N) is 1. The number of halogens is 1. The first-order chi connectivity index (χ1) is 9.51. The lowest BCUT2D eigenvalue weighted by molar-refractivity contribution is -0.135. The molecular weight excluding hydrogens is 387 g/mol. The van der Waals surface area contributed by atoms with Crippen LogP contribution in [0.5, 0.6) is 0 Å². The smallest absolute Gasteiger partial charge is 0.248 e. The summed E-state index contributed by atoms with van der Waals surface area (Å²) in [7, 11) is 0. The number of rotatable bonds is 2. The van der Waals surface area contributed by atoms with E-state index in [1.807, 2.05) is 24.3 Å². The van der Waals surface area contributed by atoms with E-state index in [0.29, 0.717) is 12.2 Å². The molecule has 0 aliphatic carbocycles. The molecule has 1 N–H and O–H groups in total. The lowest BCUT2D eigenvalue weighted by atomic mass is 10.2. The van der Waals surface area contributed by atoms with Crippen LogP contribution in [0.25, 0.3) is 0 Å². The van der Waals surface area contributed by atoms with Crippen LogP contribution in [0.15, 0.2) is 24.3 Å². The summed E-state index contributed by atoms with van der Waals surface area (Å²) in [4.78, 5) is 26.1. The summed E-state index contributed by atoms with van der Waals surface area (Å²) < 4.78 is 1.000. The van der Waals surface area contributed by atoms with Crippen molar-refractivity contribution in [3.63, 3.8) is 0 Å². The largest absolute Gasteiger partial charge is 0.323 e. The molecule has 0 aromatic heterocycles. The lowest BCUT2D eigenvalue weighted by Crippen LogP contribution is -2.48.